The molecule has 0 unspecified atom stereocenters. The van der Waals surface area contributed by atoms with Gasteiger partial charge in [0.15, 0.2) is 12.0 Å². The maximum Gasteiger partial charge on any atom is 0.335 e. The first kappa shape index (κ1) is 21.4. The summed E-state index contributed by atoms with van der Waals surface area (Å²) in [5.41, 5.74) is 4.10. The number of carboxylic acids is 1. The average molecular weight is 486 g/mol. The van der Waals surface area contributed by atoms with Gasteiger partial charge in [0.05, 0.1) is 22.2 Å². The van der Waals surface area contributed by atoms with Gasteiger partial charge in [0.25, 0.3) is 5.91 Å². The van der Waals surface area contributed by atoms with E-state index in [1.807, 2.05) is 41.1 Å². The number of nitrogens with one attached hydrogen (secondary N) is 1. The summed E-state index contributed by atoms with van der Waals surface area (Å²) in [4.78, 5) is 29.2. The predicted octanol–water partition coefficient (Wildman–Crippen LogP) is 5.60. The SMILES string of the molecule is O=C(O)c1ccc(C2(NC(=O)c3cc4ncoc4c4ccn(Cc5cccc(Cl)c5)c34)CC2)cc1. The van der Waals surface area contributed by atoms with Gasteiger partial charge in [0, 0.05) is 23.2 Å². The van der Waals surface area contributed by atoms with E-state index in [9.17, 15) is 14.7 Å². The Bertz CT molecular complexity index is 1610. The van der Waals surface area contributed by atoms with Crippen molar-refractivity contribution >= 4 is 45.5 Å². The molecular formula is C27H20ClN3O4. The molecule has 1 saturated carbocycles. The second-order valence-electron chi connectivity index (χ2n) is 8.88. The van der Waals surface area contributed by atoms with Gasteiger partial charge in [0.2, 0.25) is 0 Å². The minimum Gasteiger partial charge on any atom is -0.478 e. The molecule has 0 bridgehead atoms. The zero-order valence-electron chi connectivity index (χ0n) is 18.5. The van der Waals surface area contributed by atoms with Crippen LogP contribution in [-0.4, -0.2) is 26.5 Å². The molecule has 1 aliphatic rings. The molecule has 3 aromatic carbocycles. The summed E-state index contributed by atoms with van der Waals surface area (Å²) in [7, 11) is 0. The molecule has 2 heterocycles. The summed E-state index contributed by atoms with van der Waals surface area (Å²) in [6.45, 7) is 0.534. The number of hydrogen-bond donors (Lipinski definition) is 2. The molecule has 0 saturated heterocycles. The highest BCUT2D eigenvalue weighted by molar-refractivity contribution is 6.30. The first-order chi connectivity index (χ1) is 16.9. The van der Waals surface area contributed by atoms with Gasteiger partial charge in [0.1, 0.15) is 5.52 Å². The Hall–Kier alpha value is -4.10. The molecular weight excluding hydrogens is 466 g/mol. The number of benzene rings is 3. The lowest BCUT2D eigenvalue weighted by Gasteiger charge is -2.19. The number of carbonyl (C=O) groups is 2. The number of hydrogen-bond acceptors (Lipinski definition) is 4. The van der Waals surface area contributed by atoms with Crippen LogP contribution in [0.15, 0.2) is 77.7 Å². The maximum absolute atomic E-state index is 13.7. The lowest BCUT2D eigenvalue weighted by atomic mass is 10.0. The van der Waals surface area contributed by atoms with Gasteiger partial charge in [-0.2, -0.15) is 0 Å². The van der Waals surface area contributed by atoms with Crippen LogP contribution in [0.5, 0.6) is 0 Å². The van der Waals surface area contributed by atoms with Gasteiger partial charge < -0.3 is 19.4 Å². The highest BCUT2D eigenvalue weighted by Gasteiger charge is 2.46. The van der Waals surface area contributed by atoms with Crippen molar-refractivity contribution in [1.82, 2.24) is 14.9 Å². The monoisotopic (exact) mass is 485 g/mol. The van der Waals surface area contributed by atoms with E-state index in [0.717, 1.165) is 34.9 Å². The molecule has 174 valence electrons. The topological polar surface area (TPSA) is 97.4 Å². The number of rotatable bonds is 6. The first-order valence-corrected chi connectivity index (χ1v) is 11.6. The minimum absolute atomic E-state index is 0.216. The Kier molecular flexibility index (Phi) is 4.89. The molecule has 1 fully saturated rings. The summed E-state index contributed by atoms with van der Waals surface area (Å²) in [5.74, 6) is -1.19. The van der Waals surface area contributed by atoms with Crippen molar-refractivity contribution in [3.63, 3.8) is 0 Å². The molecule has 35 heavy (non-hydrogen) atoms. The zero-order chi connectivity index (χ0) is 24.2. The maximum atomic E-state index is 13.7. The van der Waals surface area contributed by atoms with Crippen molar-refractivity contribution in [2.24, 2.45) is 0 Å². The van der Waals surface area contributed by atoms with Crippen LogP contribution >= 0.6 is 11.6 Å². The van der Waals surface area contributed by atoms with Crippen molar-refractivity contribution < 1.29 is 19.1 Å². The largest absolute Gasteiger partial charge is 0.478 e. The Labute approximate surface area is 204 Å². The van der Waals surface area contributed by atoms with Crippen LogP contribution in [0.4, 0.5) is 0 Å². The van der Waals surface area contributed by atoms with E-state index in [1.165, 1.54) is 6.39 Å². The third-order valence-electron chi connectivity index (χ3n) is 6.61. The van der Waals surface area contributed by atoms with Crippen molar-refractivity contribution in [3.05, 3.63) is 101 Å². The molecule has 1 aliphatic carbocycles. The number of nitrogens with zero attached hydrogens (tertiary/aromatic N) is 2. The highest BCUT2D eigenvalue weighted by atomic mass is 35.5. The lowest BCUT2D eigenvalue weighted by molar-refractivity contribution is 0.0696. The number of halogens is 1. The molecule has 0 spiro atoms. The quantitative estimate of drug-likeness (QED) is 0.326. The Morgan fingerprint density at radius 1 is 1.11 bits per heavy atom. The summed E-state index contributed by atoms with van der Waals surface area (Å²) in [5, 5.41) is 13.9. The van der Waals surface area contributed by atoms with E-state index in [4.69, 9.17) is 16.0 Å². The van der Waals surface area contributed by atoms with Gasteiger partial charge in [-0.3, -0.25) is 4.79 Å². The summed E-state index contributed by atoms with van der Waals surface area (Å²) in [6, 6.07) is 18.0. The number of fused-ring (bicyclic) bond motifs is 3. The first-order valence-electron chi connectivity index (χ1n) is 11.2. The van der Waals surface area contributed by atoms with Crippen LogP contribution in [-0.2, 0) is 12.1 Å². The van der Waals surface area contributed by atoms with Crippen LogP contribution in [0.3, 0.4) is 0 Å². The number of carboxylic acid groups (broad SMARTS) is 1. The van der Waals surface area contributed by atoms with E-state index in [1.54, 1.807) is 30.3 Å². The van der Waals surface area contributed by atoms with E-state index < -0.39 is 11.5 Å². The molecule has 5 aromatic rings. The molecule has 0 aliphatic heterocycles. The van der Waals surface area contributed by atoms with E-state index in [0.29, 0.717) is 28.2 Å². The number of oxazole rings is 1. The van der Waals surface area contributed by atoms with Crippen molar-refractivity contribution in [2.45, 2.75) is 24.9 Å². The van der Waals surface area contributed by atoms with Crippen molar-refractivity contribution in [3.8, 4) is 0 Å². The minimum atomic E-state index is -0.978. The Morgan fingerprint density at radius 2 is 1.91 bits per heavy atom. The zero-order valence-corrected chi connectivity index (χ0v) is 19.2. The highest BCUT2D eigenvalue weighted by Crippen LogP contribution is 2.46. The number of amides is 1. The van der Waals surface area contributed by atoms with Gasteiger partial charge in [-0.1, -0.05) is 35.9 Å². The van der Waals surface area contributed by atoms with Crippen molar-refractivity contribution in [1.29, 1.82) is 0 Å². The van der Waals surface area contributed by atoms with E-state index in [2.05, 4.69) is 10.3 Å². The van der Waals surface area contributed by atoms with E-state index in [-0.39, 0.29) is 11.5 Å². The van der Waals surface area contributed by atoms with E-state index >= 15 is 0 Å². The predicted molar refractivity (Wildman–Crippen MR) is 132 cm³/mol. The van der Waals surface area contributed by atoms with Crippen LogP contribution in [0, 0.1) is 0 Å². The third-order valence-corrected chi connectivity index (χ3v) is 6.85. The number of carbonyl (C=O) groups excluding carboxylic acids is 1. The molecule has 6 rings (SSSR count). The molecule has 7 nitrogen and oxygen atoms in total. The van der Waals surface area contributed by atoms with Gasteiger partial charge in [-0.05, 0) is 60.4 Å². The molecule has 2 aromatic heterocycles. The number of aromatic carboxylic acids is 1. The Balaban J connectivity index is 1.40. The normalized spacial score (nSPS) is 14.3. The van der Waals surface area contributed by atoms with Crippen LogP contribution in [0.1, 0.15) is 44.7 Å². The van der Waals surface area contributed by atoms with Gasteiger partial charge in [-0.15, -0.1) is 0 Å². The summed E-state index contributed by atoms with van der Waals surface area (Å²) < 4.78 is 7.65. The van der Waals surface area contributed by atoms with Gasteiger partial charge >= 0.3 is 5.97 Å². The molecule has 0 atom stereocenters. The lowest BCUT2D eigenvalue weighted by Crippen LogP contribution is -2.35. The van der Waals surface area contributed by atoms with Crippen molar-refractivity contribution in [2.75, 3.05) is 0 Å². The summed E-state index contributed by atoms with van der Waals surface area (Å²) >= 11 is 6.18. The standard InChI is InChI=1S/C27H20ClN3O4/c28-19-3-1-2-16(12-19)14-31-11-8-20-23(31)21(13-22-24(20)35-15-29-22)25(32)30-27(9-10-27)18-6-4-17(5-7-18)26(33)34/h1-8,11-13,15H,9-10,14H2,(H,30,32)(H,33,34). The van der Waals surface area contributed by atoms with Crippen LogP contribution in [0.2, 0.25) is 5.02 Å². The Morgan fingerprint density at radius 3 is 2.63 bits per heavy atom. The second-order valence-corrected chi connectivity index (χ2v) is 9.32. The molecule has 2 N–H and O–H groups in total. The molecule has 1 amide bonds. The fourth-order valence-corrected chi connectivity index (χ4v) is 4.90. The van der Waals surface area contributed by atoms with Gasteiger partial charge in [-0.25, -0.2) is 9.78 Å². The average Bonchev–Trinajstić information content (AvgIpc) is 3.26. The molecule has 0 radical (unpaired) electrons. The molecule has 8 heteroatoms. The smallest absolute Gasteiger partial charge is 0.335 e. The second kappa shape index (κ2) is 7.99. The fourth-order valence-electron chi connectivity index (χ4n) is 4.68. The number of aromatic nitrogens is 2. The third kappa shape index (κ3) is 3.74. The van der Waals surface area contributed by atoms with Crippen LogP contribution < -0.4 is 5.32 Å². The summed E-state index contributed by atoms with van der Waals surface area (Å²) in [6.07, 6.45) is 4.88. The fraction of sp³-hybridized carbons (Fsp3) is 0.148. The van der Waals surface area contributed by atoms with Crippen LogP contribution in [0.25, 0.3) is 22.0 Å².